The molecule has 0 radical (unpaired) electrons. The highest BCUT2D eigenvalue weighted by Crippen LogP contribution is 2.34. The Kier molecular flexibility index (Phi) is 6.21. The zero-order valence-corrected chi connectivity index (χ0v) is 18.4. The van der Waals surface area contributed by atoms with Crippen molar-refractivity contribution < 1.29 is 9.47 Å². The maximum atomic E-state index is 5.55. The number of fused-ring (bicyclic) bond motifs is 1. The highest BCUT2D eigenvalue weighted by Gasteiger charge is 2.19. The molecule has 0 saturated carbocycles. The molecule has 0 spiro atoms. The summed E-state index contributed by atoms with van der Waals surface area (Å²) in [5, 5.41) is 1.19. The first-order chi connectivity index (χ1) is 14.6. The van der Waals surface area contributed by atoms with Gasteiger partial charge in [-0.15, -0.1) is 0 Å². The fourth-order valence-corrected chi connectivity index (χ4v) is 4.18. The fraction of sp³-hybridized carbons (Fsp3) is 0.400. The van der Waals surface area contributed by atoms with E-state index in [0.29, 0.717) is 0 Å². The summed E-state index contributed by atoms with van der Waals surface area (Å²) in [4.78, 5) is 10.1. The van der Waals surface area contributed by atoms with Gasteiger partial charge in [0.05, 0.1) is 25.4 Å². The molecule has 1 aliphatic heterocycles. The Morgan fingerprint density at radius 3 is 2.30 bits per heavy atom. The summed E-state index contributed by atoms with van der Waals surface area (Å²) >= 11 is 0. The number of pyridine rings is 1. The van der Waals surface area contributed by atoms with Crippen LogP contribution in [0, 0.1) is 6.92 Å². The van der Waals surface area contributed by atoms with Crippen molar-refractivity contribution in [3.05, 3.63) is 53.6 Å². The predicted molar refractivity (Wildman–Crippen MR) is 122 cm³/mol. The molecule has 0 amide bonds. The minimum atomic E-state index is 0.726. The zero-order chi connectivity index (χ0) is 21.1. The molecule has 1 aromatic heterocycles. The lowest BCUT2D eigenvalue weighted by atomic mass is 10.0. The van der Waals surface area contributed by atoms with Crippen molar-refractivity contribution >= 4 is 10.9 Å². The van der Waals surface area contributed by atoms with E-state index >= 15 is 0 Å². The largest absolute Gasteiger partial charge is 0.493 e. The van der Waals surface area contributed by atoms with E-state index < -0.39 is 0 Å². The number of piperazine rings is 1. The molecule has 0 atom stereocenters. The van der Waals surface area contributed by atoms with Crippen LogP contribution in [-0.2, 0) is 6.54 Å². The van der Waals surface area contributed by atoms with E-state index in [1.54, 1.807) is 14.2 Å². The zero-order valence-electron chi connectivity index (χ0n) is 18.4. The van der Waals surface area contributed by atoms with E-state index in [1.807, 2.05) is 12.1 Å². The van der Waals surface area contributed by atoms with Gasteiger partial charge in [0.15, 0.2) is 11.5 Å². The molecule has 0 bridgehead atoms. The third-order valence-corrected chi connectivity index (χ3v) is 6.02. The number of rotatable bonds is 6. The van der Waals surface area contributed by atoms with Crippen LogP contribution in [0.4, 0.5) is 0 Å². The Morgan fingerprint density at radius 2 is 1.60 bits per heavy atom. The van der Waals surface area contributed by atoms with Crippen LogP contribution in [0.1, 0.15) is 18.1 Å². The normalized spacial score (nSPS) is 15.5. The van der Waals surface area contributed by atoms with Gasteiger partial charge in [0.2, 0.25) is 0 Å². The maximum Gasteiger partial charge on any atom is 0.161 e. The number of aromatic nitrogens is 1. The second-order valence-corrected chi connectivity index (χ2v) is 7.97. The standard InChI is InChI=1S/C25H31N3O2/c1-5-27-10-12-28(13-11-27)17-21-15-19-7-6-18(2)14-22(19)26-25(21)20-8-9-23(29-3)24(16-20)30-4/h6-9,14-16H,5,10-13,17H2,1-4H3. The molecule has 1 aliphatic rings. The van der Waals surface area contributed by atoms with Gasteiger partial charge in [0.1, 0.15) is 0 Å². The van der Waals surface area contributed by atoms with Gasteiger partial charge in [-0.2, -0.15) is 0 Å². The molecule has 1 fully saturated rings. The number of aryl methyl sites for hydroxylation is 1. The SMILES string of the molecule is CCN1CCN(Cc2cc3ccc(C)cc3nc2-c2ccc(OC)c(OC)c2)CC1. The van der Waals surface area contributed by atoms with Gasteiger partial charge in [0.25, 0.3) is 0 Å². The van der Waals surface area contributed by atoms with E-state index in [1.165, 1.54) is 16.5 Å². The van der Waals surface area contributed by atoms with Crippen molar-refractivity contribution in [2.24, 2.45) is 0 Å². The Labute approximate surface area is 179 Å². The Morgan fingerprint density at radius 1 is 0.867 bits per heavy atom. The highest BCUT2D eigenvalue weighted by atomic mass is 16.5. The monoisotopic (exact) mass is 405 g/mol. The number of ether oxygens (including phenoxy) is 2. The van der Waals surface area contributed by atoms with Crippen molar-refractivity contribution in [1.29, 1.82) is 0 Å². The molecular weight excluding hydrogens is 374 g/mol. The quantitative estimate of drug-likeness (QED) is 0.609. The van der Waals surface area contributed by atoms with E-state index in [2.05, 4.69) is 54.0 Å². The third-order valence-electron chi connectivity index (χ3n) is 6.02. The van der Waals surface area contributed by atoms with Crippen molar-refractivity contribution in [3.63, 3.8) is 0 Å². The Balaban J connectivity index is 1.75. The van der Waals surface area contributed by atoms with E-state index in [-0.39, 0.29) is 0 Å². The summed E-state index contributed by atoms with van der Waals surface area (Å²) in [5.74, 6) is 1.46. The summed E-state index contributed by atoms with van der Waals surface area (Å²) in [6.07, 6.45) is 0. The smallest absolute Gasteiger partial charge is 0.161 e. The van der Waals surface area contributed by atoms with Gasteiger partial charge in [-0.3, -0.25) is 4.90 Å². The van der Waals surface area contributed by atoms with Gasteiger partial charge in [-0.05, 0) is 54.9 Å². The van der Waals surface area contributed by atoms with Crippen LogP contribution in [0.25, 0.3) is 22.2 Å². The number of likely N-dealkylation sites (N-methyl/N-ethyl adjacent to an activating group) is 1. The second-order valence-electron chi connectivity index (χ2n) is 7.97. The fourth-order valence-electron chi connectivity index (χ4n) is 4.18. The maximum absolute atomic E-state index is 5.55. The second kappa shape index (κ2) is 9.02. The molecule has 0 N–H and O–H groups in total. The lowest BCUT2D eigenvalue weighted by Crippen LogP contribution is -2.45. The highest BCUT2D eigenvalue weighted by molar-refractivity contribution is 5.84. The summed E-state index contributed by atoms with van der Waals surface area (Å²) in [6.45, 7) is 10.8. The number of hydrogen-bond acceptors (Lipinski definition) is 5. The number of hydrogen-bond donors (Lipinski definition) is 0. The molecule has 30 heavy (non-hydrogen) atoms. The van der Waals surface area contributed by atoms with Crippen LogP contribution in [-0.4, -0.2) is 61.7 Å². The van der Waals surface area contributed by atoms with E-state index in [4.69, 9.17) is 14.5 Å². The molecule has 5 heteroatoms. The molecule has 1 saturated heterocycles. The molecule has 2 aromatic carbocycles. The molecule has 4 rings (SSSR count). The first-order valence-electron chi connectivity index (χ1n) is 10.7. The summed E-state index contributed by atoms with van der Waals surface area (Å²) in [5.41, 5.74) is 5.57. The van der Waals surface area contributed by atoms with Crippen molar-refractivity contribution in [2.75, 3.05) is 46.9 Å². The van der Waals surface area contributed by atoms with Crippen molar-refractivity contribution in [3.8, 4) is 22.8 Å². The molecule has 5 nitrogen and oxygen atoms in total. The van der Waals surface area contributed by atoms with Gasteiger partial charge in [-0.25, -0.2) is 4.98 Å². The summed E-state index contributed by atoms with van der Waals surface area (Å²) < 4.78 is 11.0. The van der Waals surface area contributed by atoms with Crippen LogP contribution in [0.15, 0.2) is 42.5 Å². The number of methoxy groups -OCH3 is 2. The minimum absolute atomic E-state index is 0.726. The number of nitrogens with zero attached hydrogens (tertiary/aromatic N) is 3. The molecule has 0 aliphatic carbocycles. The van der Waals surface area contributed by atoms with Crippen LogP contribution in [0.5, 0.6) is 11.5 Å². The van der Waals surface area contributed by atoms with Crippen LogP contribution in [0.3, 0.4) is 0 Å². The molecule has 2 heterocycles. The summed E-state index contributed by atoms with van der Waals surface area (Å²) in [7, 11) is 3.34. The Bertz CT molecular complexity index is 1030. The molecular formula is C25H31N3O2. The van der Waals surface area contributed by atoms with E-state index in [9.17, 15) is 0 Å². The topological polar surface area (TPSA) is 37.8 Å². The predicted octanol–water partition coefficient (Wildman–Crippen LogP) is 4.36. The first-order valence-corrected chi connectivity index (χ1v) is 10.7. The number of benzene rings is 2. The molecule has 0 unspecified atom stereocenters. The minimum Gasteiger partial charge on any atom is -0.493 e. The van der Waals surface area contributed by atoms with Crippen LogP contribution >= 0.6 is 0 Å². The average Bonchev–Trinajstić information content (AvgIpc) is 2.78. The molecule has 158 valence electrons. The van der Waals surface area contributed by atoms with Gasteiger partial charge in [0, 0.05) is 43.7 Å². The van der Waals surface area contributed by atoms with Crippen molar-refractivity contribution in [1.82, 2.24) is 14.8 Å². The average molecular weight is 406 g/mol. The lowest BCUT2D eigenvalue weighted by molar-refractivity contribution is 0.132. The van der Waals surface area contributed by atoms with Gasteiger partial charge >= 0.3 is 0 Å². The lowest BCUT2D eigenvalue weighted by Gasteiger charge is -2.34. The van der Waals surface area contributed by atoms with Crippen LogP contribution in [0.2, 0.25) is 0 Å². The van der Waals surface area contributed by atoms with E-state index in [0.717, 1.165) is 67.5 Å². The van der Waals surface area contributed by atoms with Gasteiger partial charge < -0.3 is 14.4 Å². The van der Waals surface area contributed by atoms with Crippen LogP contribution < -0.4 is 9.47 Å². The summed E-state index contributed by atoms with van der Waals surface area (Å²) in [6, 6.07) is 14.9. The van der Waals surface area contributed by atoms with Crippen molar-refractivity contribution in [2.45, 2.75) is 20.4 Å². The third kappa shape index (κ3) is 4.27. The van der Waals surface area contributed by atoms with Gasteiger partial charge in [-0.1, -0.05) is 19.1 Å². The Hall–Kier alpha value is -2.63. The first kappa shape index (κ1) is 20.6. The molecule has 3 aromatic rings.